The SMILES string of the molecule is COc1ccccc1NC1CCc2c(sc3ncn(Cc4cccc(-c5ccccc5)c4)c(=O)c23)C1. The summed E-state index contributed by atoms with van der Waals surface area (Å²) in [6.45, 7) is 0.505. The van der Waals surface area contributed by atoms with Gasteiger partial charge in [-0.2, -0.15) is 0 Å². The molecule has 0 radical (unpaired) electrons. The molecule has 0 saturated heterocycles. The molecule has 0 fully saturated rings. The summed E-state index contributed by atoms with van der Waals surface area (Å²) in [5, 5.41) is 4.44. The topological polar surface area (TPSA) is 56.1 Å². The van der Waals surface area contributed by atoms with Crippen molar-refractivity contribution in [2.24, 2.45) is 0 Å². The van der Waals surface area contributed by atoms with Crippen LogP contribution < -0.4 is 15.6 Å². The van der Waals surface area contributed by atoms with E-state index < -0.39 is 0 Å². The largest absolute Gasteiger partial charge is 0.495 e. The summed E-state index contributed by atoms with van der Waals surface area (Å²) in [6.07, 6.45) is 4.41. The molecule has 2 heterocycles. The standard InChI is InChI=1S/C30H27N3O2S/c1-35-26-13-6-5-12-25(26)32-23-14-15-24-27(17-23)36-29-28(24)30(34)33(19-31-29)18-20-8-7-11-22(16-20)21-9-3-2-4-10-21/h2-13,16,19,23,32H,14-15,17-18H2,1H3. The molecule has 1 aliphatic rings. The number of nitrogens with one attached hydrogen (secondary N) is 1. The molecular weight excluding hydrogens is 466 g/mol. The zero-order valence-electron chi connectivity index (χ0n) is 20.1. The van der Waals surface area contributed by atoms with Gasteiger partial charge in [0.25, 0.3) is 5.56 Å². The third-order valence-corrected chi connectivity index (χ3v) is 8.05. The maximum atomic E-state index is 13.6. The van der Waals surface area contributed by atoms with Crippen LogP contribution in [0.5, 0.6) is 5.75 Å². The van der Waals surface area contributed by atoms with Crippen LogP contribution in [0.2, 0.25) is 0 Å². The summed E-state index contributed by atoms with van der Waals surface area (Å²) in [4.78, 5) is 20.4. The summed E-state index contributed by atoms with van der Waals surface area (Å²) >= 11 is 1.66. The number of fused-ring (bicyclic) bond motifs is 3. The second-order valence-corrected chi connectivity index (χ2v) is 10.3. The molecule has 0 aliphatic heterocycles. The van der Waals surface area contributed by atoms with Crippen LogP contribution in [0.3, 0.4) is 0 Å². The molecule has 3 aromatic carbocycles. The number of hydrogen-bond acceptors (Lipinski definition) is 5. The second kappa shape index (κ2) is 9.63. The van der Waals surface area contributed by atoms with Crippen LogP contribution in [0.25, 0.3) is 21.3 Å². The second-order valence-electron chi connectivity index (χ2n) is 9.21. The van der Waals surface area contributed by atoms with Crippen molar-refractivity contribution >= 4 is 27.2 Å². The number of anilines is 1. The van der Waals surface area contributed by atoms with Gasteiger partial charge in [0.1, 0.15) is 10.6 Å². The average molecular weight is 494 g/mol. The van der Waals surface area contributed by atoms with Crippen molar-refractivity contribution in [3.63, 3.8) is 0 Å². The normalized spacial score (nSPS) is 15.0. The number of rotatable bonds is 6. The average Bonchev–Trinajstić information content (AvgIpc) is 3.30. The fraction of sp³-hybridized carbons (Fsp3) is 0.200. The molecule has 36 heavy (non-hydrogen) atoms. The molecule has 1 unspecified atom stereocenters. The number of methoxy groups -OCH3 is 1. The van der Waals surface area contributed by atoms with Crippen molar-refractivity contribution in [1.82, 2.24) is 9.55 Å². The molecule has 0 saturated carbocycles. The Morgan fingerprint density at radius 2 is 1.83 bits per heavy atom. The fourth-order valence-electron chi connectivity index (χ4n) is 5.10. The van der Waals surface area contributed by atoms with Gasteiger partial charge in [0.2, 0.25) is 0 Å². The number of thiophene rings is 1. The molecule has 1 N–H and O–H groups in total. The molecule has 0 spiro atoms. The van der Waals surface area contributed by atoms with Gasteiger partial charge in [-0.3, -0.25) is 9.36 Å². The maximum absolute atomic E-state index is 13.6. The lowest BCUT2D eigenvalue weighted by Gasteiger charge is -2.25. The van der Waals surface area contributed by atoms with Crippen LogP contribution in [0.15, 0.2) is 90.0 Å². The van der Waals surface area contributed by atoms with Crippen LogP contribution in [0, 0.1) is 0 Å². The molecule has 1 aliphatic carbocycles. The van der Waals surface area contributed by atoms with Crippen molar-refractivity contribution in [2.45, 2.75) is 31.8 Å². The molecular formula is C30H27N3O2S. The molecule has 6 rings (SSSR count). The van der Waals surface area contributed by atoms with Crippen molar-refractivity contribution < 1.29 is 4.74 Å². The molecule has 180 valence electrons. The van der Waals surface area contributed by atoms with Crippen molar-refractivity contribution in [3.05, 3.63) is 112 Å². The number of aromatic nitrogens is 2. The first-order valence-electron chi connectivity index (χ1n) is 12.2. The fourth-order valence-corrected chi connectivity index (χ4v) is 6.35. The number of nitrogens with zero attached hydrogens (tertiary/aromatic N) is 2. The summed E-state index contributed by atoms with van der Waals surface area (Å²) in [7, 11) is 1.69. The van der Waals surface area contributed by atoms with Crippen LogP contribution in [0.1, 0.15) is 22.4 Å². The van der Waals surface area contributed by atoms with Gasteiger partial charge in [-0.25, -0.2) is 4.98 Å². The highest BCUT2D eigenvalue weighted by molar-refractivity contribution is 7.18. The van der Waals surface area contributed by atoms with E-state index in [0.717, 1.165) is 52.0 Å². The number of hydrogen-bond donors (Lipinski definition) is 1. The van der Waals surface area contributed by atoms with Crippen molar-refractivity contribution in [3.8, 4) is 16.9 Å². The monoisotopic (exact) mass is 493 g/mol. The smallest absolute Gasteiger partial charge is 0.262 e. The minimum Gasteiger partial charge on any atom is -0.495 e. The van der Waals surface area contributed by atoms with E-state index in [2.05, 4.69) is 41.7 Å². The predicted octanol–water partition coefficient (Wildman–Crippen LogP) is 6.15. The number of ether oxygens (including phenoxy) is 1. The Bertz CT molecular complexity index is 1590. The third-order valence-electron chi connectivity index (χ3n) is 6.89. The van der Waals surface area contributed by atoms with Crippen molar-refractivity contribution in [2.75, 3.05) is 12.4 Å². The molecule has 5 nitrogen and oxygen atoms in total. The van der Waals surface area contributed by atoms with Gasteiger partial charge in [-0.1, -0.05) is 60.7 Å². The lowest BCUT2D eigenvalue weighted by Crippen LogP contribution is -2.27. The lowest BCUT2D eigenvalue weighted by molar-refractivity contribution is 0.415. The van der Waals surface area contributed by atoms with E-state index >= 15 is 0 Å². The number of benzene rings is 3. The first-order valence-corrected chi connectivity index (χ1v) is 13.0. The van der Waals surface area contributed by atoms with Crippen LogP contribution >= 0.6 is 11.3 Å². The Labute approximate surface area is 214 Å². The van der Waals surface area contributed by atoms with Gasteiger partial charge < -0.3 is 10.1 Å². The first kappa shape index (κ1) is 22.6. The van der Waals surface area contributed by atoms with E-state index in [1.807, 2.05) is 42.5 Å². The quantitative estimate of drug-likeness (QED) is 0.308. The van der Waals surface area contributed by atoms with E-state index in [1.54, 1.807) is 29.3 Å². The number of aryl methyl sites for hydroxylation is 1. The van der Waals surface area contributed by atoms with Crippen LogP contribution in [0.4, 0.5) is 5.69 Å². The minimum atomic E-state index is 0.0544. The van der Waals surface area contributed by atoms with Crippen LogP contribution in [-0.2, 0) is 19.4 Å². The Morgan fingerprint density at radius 1 is 1.03 bits per heavy atom. The highest BCUT2D eigenvalue weighted by Gasteiger charge is 2.25. The van der Waals surface area contributed by atoms with E-state index in [0.29, 0.717) is 12.6 Å². The summed E-state index contributed by atoms with van der Waals surface area (Å²) in [5.41, 5.74) is 5.65. The molecule has 0 amide bonds. The molecule has 5 aromatic rings. The van der Waals surface area contributed by atoms with Crippen molar-refractivity contribution in [1.29, 1.82) is 0 Å². The highest BCUT2D eigenvalue weighted by Crippen LogP contribution is 2.35. The van der Waals surface area contributed by atoms with E-state index in [4.69, 9.17) is 9.72 Å². The summed E-state index contributed by atoms with van der Waals surface area (Å²) in [6, 6.07) is 27.0. The first-order chi connectivity index (χ1) is 17.7. The molecule has 2 aromatic heterocycles. The van der Waals surface area contributed by atoms with E-state index in [9.17, 15) is 4.79 Å². The van der Waals surface area contributed by atoms with Gasteiger partial charge in [-0.05, 0) is 53.3 Å². The Hall–Kier alpha value is -3.90. The van der Waals surface area contributed by atoms with Gasteiger partial charge in [-0.15, -0.1) is 11.3 Å². The zero-order valence-corrected chi connectivity index (χ0v) is 20.9. The van der Waals surface area contributed by atoms with E-state index in [1.165, 1.54) is 16.0 Å². The minimum absolute atomic E-state index is 0.0544. The maximum Gasteiger partial charge on any atom is 0.262 e. The Kier molecular flexibility index (Phi) is 6.03. The Morgan fingerprint density at radius 3 is 2.69 bits per heavy atom. The van der Waals surface area contributed by atoms with Gasteiger partial charge in [0.15, 0.2) is 0 Å². The molecule has 1 atom stereocenters. The van der Waals surface area contributed by atoms with Crippen LogP contribution in [-0.4, -0.2) is 22.7 Å². The predicted molar refractivity (Wildman–Crippen MR) is 147 cm³/mol. The van der Waals surface area contributed by atoms with E-state index in [-0.39, 0.29) is 5.56 Å². The third kappa shape index (κ3) is 4.29. The molecule has 0 bridgehead atoms. The van der Waals surface area contributed by atoms with Gasteiger partial charge in [0.05, 0.1) is 31.1 Å². The Balaban J connectivity index is 1.27. The zero-order chi connectivity index (χ0) is 24.5. The lowest BCUT2D eigenvalue weighted by atomic mass is 9.93. The number of para-hydroxylation sites is 2. The molecule has 6 heteroatoms. The summed E-state index contributed by atoms with van der Waals surface area (Å²) in [5.74, 6) is 0.848. The van der Waals surface area contributed by atoms with Gasteiger partial charge in [0, 0.05) is 17.3 Å². The highest BCUT2D eigenvalue weighted by atomic mass is 32.1. The van der Waals surface area contributed by atoms with Gasteiger partial charge >= 0.3 is 0 Å². The summed E-state index contributed by atoms with van der Waals surface area (Å²) < 4.78 is 7.25.